The quantitative estimate of drug-likeness (QED) is 0.773. The van der Waals surface area contributed by atoms with Gasteiger partial charge in [-0.25, -0.2) is 9.67 Å². The first-order valence-corrected chi connectivity index (χ1v) is 10.8. The first-order chi connectivity index (χ1) is 14.3. The number of morpholine rings is 1. The molecule has 5 rings (SSSR count). The SMILES string of the molecule is O=C(CSC1=Nc2c(cnn2-c2ccccc2)C2=NCCCN12)N1CCOCC1. The van der Waals surface area contributed by atoms with Crippen LogP contribution in [0.1, 0.15) is 12.0 Å². The Bertz CT molecular complexity index is 965. The number of hydrogen-bond donors (Lipinski definition) is 0. The molecule has 0 unspecified atom stereocenters. The Morgan fingerprint density at radius 1 is 1.14 bits per heavy atom. The number of hydrogen-bond acceptors (Lipinski definition) is 7. The normalized spacial score (nSPS) is 18.6. The van der Waals surface area contributed by atoms with Crippen LogP contribution in [0.15, 0.2) is 46.5 Å². The third-order valence-electron chi connectivity index (χ3n) is 5.16. The Hall–Kier alpha value is -2.65. The lowest BCUT2D eigenvalue weighted by Crippen LogP contribution is -2.44. The molecule has 1 saturated heterocycles. The van der Waals surface area contributed by atoms with Crippen LogP contribution in [0.5, 0.6) is 0 Å². The van der Waals surface area contributed by atoms with Gasteiger partial charge >= 0.3 is 0 Å². The molecule has 1 aromatic carbocycles. The Morgan fingerprint density at radius 2 is 1.97 bits per heavy atom. The van der Waals surface area contributed by atoms with Crippen LogP contribution < -0.4 is 0 Å². The summed E-state index contributed by atoms with van der Waals surface area (Å²) in [6.07, 6.45) is 2.81. The van der Waals surface area contributed by atoms with Gasteiger partial charge in [0.15, 0.2) is 11.0 Å². The molecule has 0 spiro atoms. The molecule has 2 aromatic rings. The summed E-state index contributed by atoms with van der Waals surface area (Å²) < 4.78 is 7.18. The molecule has 0 aliphatic carbocycles. The summed E-state index contributed by atoms with van der Waals surface area (Å²) in [7, 11) is 0. The van der Waals surface area contributed by atoms with Crippen LogP contribution in [-0.4, -0.2) is 81.6 Å². The van der Waals surface area contributed by atoms with Crippen molar-refractivity contribution in [3.05, 3.63) is 42.1 Å². The van der Waals surface area contributed by atoms with Crippen molar-refractivity contribution in [2.24, 2.45) is 9.98 Å². The second-order valence-electron chi connectivity index (χ2n) is 7.02. The number of carbonyl (C=O) groups is 1. The zero-order chi connectivity index (χ0) is 19.6. The largest absolute Gasteiger partial charge is 0.378 e. The number of amides is 1. The van der Waals surface area contributed by atoms with Crippen molar-refractivity contribution in [2.75, 3.05) is 45.1 Å². The first kappa shape index (κ1) is 18.4. The Kier molecular flexibility index (Phi) is 5.07. The predicted molar refractivity (Wildman–Crippen MR) is 113 cm³/mol. The number of carbonyl (C=O) groups excluding carboxylic acids is 1. The first-order valence-electron chi connectivity index (χ1n) is 9.84. The number of nitrogens with zero attached hydrogens (tertiary/aromatic N) is 6. The fraction of sp³-hybridized carbons (Fsp3) is 0.400. The number of rotatable bonds is 3. The third-order valence-corrected chi connectivity index (χ3v) is 6.12. The third kappa shape index (κ3) is 3.56. The van der Waals surface area contributed by atoms with E-state index in [0.29, 0.717) is 32.1 Å². The van der Waals surface area contributed by atoms with E-state index in [9.17, 15) is 4.79 Å². The minimum Gasteiger partial charge on any atom is -0.378 e. The highest BCUT2D eigenvalue weighted by Gasteiger charge is 2.32. The van der Waals surface area contributed by atoms with Crippen LogP contribution >= 0.6 is 11.8 Å². The van der Waals surface area contributed by atoms with E-state index in [-0.39, 0.29) is 5.91 Å². The molecular weight excluding hydrogens is 388 g/mol. The molecule has 9 heteroatoms. The van der Waals surface area contributed by atoms with Crippen LogP contribution in [0.4, 0.5) is 5.82 Å². The van der Waals surface area contributed by atoms with Gasteiger partial charge < -0.3 is 14.5 Å². The van der Waals surface area contributed by atoms with E-state index in [4.69, 9.17) is 14.7 Å². The summed E-state index contributed by atoms with van der Waals surface area (Å²) in [5.74, 6) is 2.16. The van der Waals surface area contributed by atoms with Gasteiger partial charge in [-0.1, -0.05) is 30.0 Å². The fourth-order valence-electron chi connectivity index (χ4n) is 3.68. The van der Waals surface area contributed by atoms with Crippen molar-refractivity contribution in [3.63, 3.8) is 0 Å². The van der Waals surface area contributed by atoms with Gasteiger partial charge in [-0.2, -0.15) is 5.10 Å². The predicted octanol–water partition coefficient (Wildman–Crippen LogP) is 1.92. The molecule has 1 amide bonds. The second kappa shape index (κ2) is 8.00. The molecule has 0 radical (unpaired) electrons. The Morgan fingerprint density at radius 3 is 2.79 bits per heavy atom. The molecule has 3 aliphatic heterocycles. The van der Waals surface area contributed by atoms with Crippen LogP contribution in [0, 0.1) is 0 Å². The van der Waals surface area contributed by atoms with Gasteiger partial charge in [-0.3, -0.25) is 9.79 Å². The number of thioether (sulfide) groups is 1. The van der Waals surface area contributed by atoms with Gasteiger partial charge in [-0.05, 0) is 18.6 Å². The molecule has 4 heterocycles. The van der Waals surface area contributed by atoms with Crippen LogP contribution in [-0.2, 0) is 9.53 Å². The molecule has 8 nitrogen and oxygen atoms in total. The number of para-hydroxylation sites is 1. The maximum absolute atomic E-state index is 12.6. The number of amidine groups is 2. The minimum absolute atomic E-state index is 0.124. The number of fused-ring (bicyclic) bond motifs is 3. The van der Waals surface area contributed by atoms with Crippen LogP contribution in [0.2, 0.25) is 0 Å². The maximum Gasteiger partial charge on any atom is 0.233 e. The Balaban J connectivity index is 1.44. The van der Waals surface area contributed by atoms with Crippen LogP contribution in [0.3, 0.4) is 0 Å². The van der Waals surface area contributed by atoms with Crippen molar-refractivity contribution >= 4 is 34.5 Å². The van der Waals surface area contributed by atoms with E-state index in [0.717, 1.165) is 47.6 Å². The second-order valence-corrected chi connectivity index (χ2v) is 7.96. The monoisotopic (exact) mass is 410 g/mol. The zero-order valence-electron chi connectivity index (χ0n) is 16.0. The highest BCUT2D eigenvalue weighted by molar-refractivity contribution is 8.14. The molecule has 1 fully saturated rings. The number of benzene rings is 1. The molecule has 0 N–H and O–H groups in total. The van der Waals surface area contributed by atoms with Crippen molar-refractivity contribution in [1.82, 2.24) is 19.6 Å². The van der Waals surface area contributed by atoms with E-state index >= 15 is 0 Å². The van der Waals surface area contributed by atoms with E-state index in [1.54, 1.807) is 0 Å². The molecule has 0 saturated carbocycles. The lowest BCUT2D eigenvalue weighted by molar-refractivity contribution is -0.132. The van der Waals surface area contributed by atoms with Crippen molar-refractivity contribution in [3.8, 4) is 5.69 Å². The molecule has 1 aromatic heterocycles. The summed E-state index contributed by atoms with van der Waals surface area (Å²) in [5, 5.41) is 5.38. The summed E-state index contributed by atoms with van der Waals surface area (Å²) in [5.41, 5.74) is 1.90. The average Bonchev–Trinajstić information content (AvgIpc) is 3.22. The standard InChI is InChI=1S/C20H22N6O2S/c27-17(24-9-11-28-12-10-24)14-29-20-23-19-16(18-21-7-4-8-25(18)20)13-22-26(19)15-5-2-1-3-6-15/h1-3,5-6,13H,4,7-12,14H2. The van der Waals surface area contributed by atoms with Gasteiger partial charge in [0.05, 0.1) is 36.4 Å². The van der Waals surface area contributed by atoms with Gasteiger partial charge in [-0.15, -0.1) is 0 Å². The molecule has 0 atom stereocenters. The number of ether oxygens (including phenoxy) is 1. The Labute approximate surface area is 173 Å². The van der Waals surface area contributed by atoms with E-state index in [2.05, 4.69) is 10.00 Å². The van der Waals surface area contributed by atoms with Crippen LogP contribution in [0.25, 0.3) is 5.69 Å². The van der Waals surface area contributed by atoms with E-state index in [1.807, 2.05) is 46.1 Å². The summed E-state index contributed by atoms with van der Waals surface area (Å²) in [6, 6.07) is 9.96. The average molecular weight is 411 g/mol. The highest BCUT2D eigenvalue weighted by Crippen LogP contribution is 2.33. The molecule has 0 bridgehead atoms. The summed E-state index contributed by atoms with van der Waals surface area (Å²) in [6.45, 7) is 4.19. The van der Waals surface area contributed by atoms with Gasteiger partial charge in [0, 0.05) is 26.2 Å². The van der Waals surface area contributed by atoms with Gasteiger partial charge in [0.2, 0.25) is 5.91 Å². The highest BCUT2D eigenvalue weighted by atomic mass is 32.2. The number of aromatic nitrogens is 2. The lowest BCUT2D eigenvalue weighted by Gasteiger charge is -2.33. The van der Waals surface area contributed by atoms with E-state index < -0.39 is 0 Å². The number of aliphatic imine (C=N–C) groups is 2. The molecular formula is C20H22N6O2S. The minimum atomic E-state index is 0.124. The van der Waals surface area contributed by atoms with Crippen molar-refractivity contribution in [1.29, 1.82) is 0 Å². The smallest absolute Gasteiger partial charge is 0.233 e. The fourth-order valence-corrected chi connectivity index (χ4v) is 4.60. The maximum atomic E-state index is 12.6. The van der Waals surface area contributed by atoms with Gasteiger partial charge in [0.1, 0.15) is 5.84 Å². The van der Waals surface area contributed by atoms with Crippen molar-refractivity contribution < 1.29 is 9.53 Å². The van der Waals surface area contributed by atoms with Gasteiger partial charge in [0.25, 0.3) is 0 Å². The van der Waals surface area contributed by atoms with E-state index in [1.165, 1.54) is 11.8 Å². The summed E-state index contributed by atoms with van der Waals surface area (Å²) in [4.78, 5) is 26.3. The topological polar surface area (TPSA) is 75.3 Å². The lowest BCUT2D eigenvalue weighted by atomic mass is 10.2. The molecule has 29 heavy (non-hydrogen) atoms. The summed E-state index contributed by atoms with van der Waals surface area (Å²) >= 11 is 1.48. The molecule has 150 valence electrons. The molecule has 3 aliphatic rings. The van der Waals surface area contributed by atoms with Crippen molar-refractivity contribution in [2.45, 2.75) is 6.42 Å². The zero-order valence-corrected chi connectivity index (χ0v) is 16.8.